The van der Waals surface area contributed by atoms with Gasteiger partial charge >= 0.3 is 0 Å². The van der Waals surface area contributed by atoms with Crippen LogP contribution >= 0.6 is 0 Å². The third-order valence-electron chi connectivity index (χ3n) is 9.53. The van der Waals surface area contributed by atoms with Crippen LogP contribution in [0.3, 0.4) is 0 Å². The zero-order valence-corrected chi connectivity index (χ0v) is 24.7. The van der Waals surface area contributed by atoms with Crippen LogP contribution < -0.4 is 4.90 Å². The minimum Gasteiger partial charge on any atom is -0.394 e. The fraction of sp³-hybridized carbons (Fsp3) is 0.441. The molecular weight excluding hydrogens is 530 g/mol. The summed E-state index contributed by atoms with van der Waals surface area (Å²) in [7, 11) is 0. The van der Waals surface area contributed by atoms with E-state index in [0.29, 0.717) is 26.1 Å². The number of likely N-dealkylation sites (tertiary alicyclic amines) is 1. The van der Waals surface area contributed by atoms with E-state index in [-0.39, 0.29) is 24.3 Å². The second-order valence-electron chi connectivity index (χ2n) is 12.2. The summed E-state index contributed by atoms with van der Waals surface area (Å²) in [5.74, 6) is -2.51. The summed E-state index contributed by atoms with van der Waals surface area (Å²) in [6, 6.07) is 14.1. The van der Waals surface area contributed by atoms with Crippen molar-refractivity contribution >= 4 is 23.4 Å². The minimum absolute atomic E-state index is 0.171. The molecule has 6 atom stereocenters. The number of aliphatic hydroxyl groups excluding tert-OH is 1. The molecule has 1 spiro atoms. The van der Waals surface area contributed by atoms with Crippen LogP contribution in [0.4, 0.5) is 5.69 Å². The van der Waals surface area contributed by atoms with Crippen molar-refractivity contribution in [3.8, 4) is 0 Å². The van der Waals surface area contributed by atoms with Crippen LogP contribution in [0.2, 0.25) is 0 Å². The molecule has 4 aliphatic heterocycles. The predicted molar refractivity (Wildman–Crippen MR) is 159 cm³/mol. The first-order valence-corrected chi connectivity index (χ1v) is 14.8. The molecule has 4 heterocycles. The minimum atomic E-state index is -1.36. The average molecular weight is 570 g/mol. The van der Waals surface area contributed by atoms with E-state index in [9.17, 15) is 19.5 Å². The highest BCUT2D eigenvalue weighted by Gasteiger charge is 2.75. The smallest absolute Gasteiger partial charge is 0.253 e. The number of ether oxygens (including phenoxy) is 1. The van der Waals surface area contributed by atoms with E-state index in [1.807, 2.05) is 101 Å². The number of nitrogens with zero attached hydrogens (tertiary/aromatic N) is 3. The van der Waals surface area contributed by atoms with Crippen molar-refractivity contribution in [3.63, 3.8) is 0 Å². The van der Waals surface area contributed by atoms with Crippen molar-refractivity contribution in [2.75, 3.05) is 24.6 Å². The van der Waals surface area contributed by atoms with Crippen molar-refractivity contribution in [1.29, 1.82) is 0 Å². The molecular formula is C34H39N3O5. The molecule has 6 rings (SSSR count). The number of hydrogen-bond donors (Lipinski definition) is 1. The molecule has 0 aromatic heterocycles. The van der Waals surface area contributed by atoms with Gasteiger partial charge in [0.2, 0.25) is 11.8 Å². The van der Waals surface area contributed by atoms with E-state index in [4.69, 9.17) is 4.74 Å². The summed E-state index contributed by atoms with van der Waals surface area (Å²) < 4.78 is 6.93. The van der Waals surface area contributed by atoms with Crippen LogP contribution in [-0.2, 0) is 25.7 Å². The van der Waals surface area contributed by atoms with Gasteiger partial charge in [0.25, 0.3) is 5.91 Å². The Bertz CT molecular complexity index is 1470. The summed E-state index contributed by atoms with van der Waals surface area (Å²) in [6.07, 6.45) is 8.04. The first-order valence-electron chi connectivity index (χ1n) is 14.8. The first-order chi connectivity index (χ1) is 20.1. The molecule has 8 nitrogen and oxygen atoms in total. The molecule has 220 valence electrons. The monoisotopic (exact) mass is 569 g/mol. The standard InChI is InChI=1S/C34H39N3O5/c1-5-25(21-38)37-29-32(41)36(26-19-22(2)13-14-23(26)3)18-10-16-34(29)28(31(37)40)27-30(39)35(17-9-15-33(27,4)42-34)20-24-11-7-6-8-12-24/h6-16,19,25,27-29,38H,5,17-18,20-21H2,1-4H3/t25-,27+,28-,29?,33-,34-/m0/s1. The summed E-state index contributed by atoms with van der Waals surface area (Å²) in [4.78, 5) is 48.7. The lowest BCUT2D eigenvalue weighted by atomic mass is 9.74. The lowest BCUT2D eigenvalue weighted by molar-refractivity contribution is -0.151. The number of aliphatic hydroxyl groups is 1. The Morgan fingerprint density at radius 2 is 1.69 bits per heavy atom. The van der Waals surface area contributed by atoms with Gasteiger partial charge in [0.15, 0.2) is 0 Å². The fourth-order valence-electron chi connectivity index (χ4n) is 7.49. The Hall–Kier alpha value is -3.75. The highest BCUT2D eigenvalue weighted by molar-refractivity contribution is 6.06. The normalized spacial score (nSPS) is 31.1. The molecule has 3 amide bonds. The number of aryl methyl sites for hydroxylation is 2. The Morgan fingerprint density at radius 3 is 2.40 bits per heavy atom. The van der Waals surface area contributed by atoms with Gasteiger partial charge in [-0.15, -0.1) is 0 Å². The average Bonchev–Trinajstić information content (AvgIpc) is 3.25. The maximum atomic E-state index is 14.7. The van der Waals surface area contributed by atoms with E-state index < -0.39 is 35.1 Å². The van der Waals surface area contributed by atoms with Crippen LogP contribution in [0.5, 0.6) is 0 Å². The Kier molecular flexibility index (Phi) is 7.10. The largest absolute Gasteiger partial charge is 0.394 e. The number of benzene rings is 2. The Labute approximate surface area is 247 Å². The van der Waals surface area contributed by atoms with Crippen molar-refractivity contribution in [3.05, 3.63) is 89.5 Å². The van der Waals surface area contributed by atoms with Crippen LogP contribution in [-0.4, -0.2) is 75.6 Å². The molecule has 2 fully saturated rings. The molecule has 0 saturated carbocycles. The van der Waals surface area contributed by atoms with Crippen LogP contribution in [0.25, 0.3) is 0 Å². The zero-order chi connectivity index (χ0) is 29.8. The third-order valence-corrected chi connectivity index (χ3v) is 9.53. The number of carbonyl (C=O) groups is 3. The number of amides is 3. The summed E-state index contributed by atoms with van der Waals surface area (Å²) in [5.41, 5.74) is 1.28. The van der Waals surface area contributed by atoms with Gasteiger partial charge in [-0.05, 0) is 49.9 Å². The SMILES string of the molecule is CC[C@@H](CO)N1C(=O)[C@@H]2[C@@H]3C(=O)N(Cc4ccccc4)CC=C[C@]3(C)O[C@@]23C=CCN(c2cc(C)ccc2C)C(=O)C13. The highest BCUT2D eigenvalue weighted by atomic mass is 16.5. The molecule has 1 N–H and O–H groups in total. The summed E-state index contributed by atoms with van der Waals surface area (Å²) in [6.45, 7) is 8.50. The molecule has 2 aromatic rings. The molecule has 4 aliphatic rings. The van der Waals surface area contributed by atoms with Crippen LogP contribution in [0.15, 0.2) is 72.8 Å². The predicted octanol–water partition coefficient (Wildman–Crippen LogP) is 3.55. The third kappa shape index (κ3) is 4.23. The lowest BCUT2D eigenvalue weighted by Crippen LogP contribution is -2.58. The van der Waals surface area contributed by atoms with Gasteiger partial charge < -0.3 is 24.5 Å². The topological polar surface area (TPSA) is 90.4 Å². The summed E-state index contributed by atoms with van der Waals surface area (Å²) in [5, 5.41) is 10.4. The second-order valence-corrected chi connectivity index (χ2v) is 12.2. The van der Waals surface area contributed by atoms with Gasteiger partial charge in [-0.3, -0.25) is 14.4 Å². The molecule has 8 heteroatoms. The molecule has 2 aromatic carbocycles. The molecule has 2 saturated heterocycles. The molecule has 0 bridgehead atoms. The van der Waals surface area contributed by atoms with Crippen LogP contribution in [0.1, 0.15) is 37.0 Å². The van der Waals surface area contributed by atoms with Gasteiger partial charge in [-0.25, -0.2) is 0 Å². The van der Waals surface area contributed by atoms with Gasteiger partial charge in [0.1, 0.15) is 11.6 Å². The number of anilines is 1. The first kappa shape index (κ1) is 28.4. The molecule has 0 aliphatic carbocycles. The highest BCUT2D eigenvalue weighted by Crippen LogP contribution is 2.58. The quantitative estimate of drug-likeness (QED) is 0.538. The number of hydrogen-bond acceptors (Lipinski definition) is 5. The maximum Gasteiger partial charge on any atom is 0.253 e. The molecule has 42 heavy (non-hydrogen) atoms. The van der Waals surface area contributed by atoms with E-state index >= 15 is 0 Å². The van der Waals surface area contributed by atoms with Gasteiger partial charge in [-0.2, -0.15) is 0 Å². The van der Waals surface area contributed by atoms with E-state index in [1.165, 1.54) is 4.90 Å². The van der Waals surface area contributed by atoms with Crippen LogP contribution in [0, 0.1) is 25.7 Å². The van der Waals surface area contributed by atoms with E-state index in [0.717, 1.165) is 22.4 Å². The van der Waals surface area contributed by atoms with Crippen molar-refractivity contribution in [2.45, 2.75) is 63.9 Å². The fourth-order valence-corrected chi connectivity index (χ4v) is 7.49. The van der Waals surface area contributed by atoms with Gasteiger partial charge in [0.05, 0.1) is 30.1 Å². The van der Waals surface area contributed by atoms with E-state index in [2.05, 4.69) is 0 Å². The molecule has 1 unspecified atom stereocenters. The van der Waals surface area contributed by atoms with Gasteiger partial charge in [0, 0.05) is 25.3 Å². The van der Waals surface area contributed by atoms with E-state index in [1.54, 1.807) is 9.80 Å². The Balaban J connectivity index is 1.47. The second kappa shape index (κ2) is 10.5. The number of rotatable bonds is 6. The maximum absolute atomic E-state index is 14.7. The lowest BCUT2D eigenvalue weighted by Gasteiger charge is -2.40. The number of fused-ring (bicyclic) bond motifs is 2. The number of carbonyl (C=O) groups excluding carboxylic acids is 3. The zero-order valence-electron chi connectivity index (χ0n) is 24.7. The van der Waals surface area contributed by atoms with Crippen molar-refractivity contribution in [1.82, 2.24) is 9.80 Å². The molecule has 0 radical (unpaired) electrons. The summed E-state index contributed by atoms with van der Waals surface area (Å²) >= 11 is 0. The Morgan fingerprint density at radius 1 is 0.952 bits per heavy atom. The van der Waals surface area contributed by atoms with Crippen molar-refractivity contribution in [2.24, 2.45) is 11.8 Å². The van der Waals surface area contributed by atoms with Gasteiger partial charge in [-0.1, -0.05) is 73.7 Å². The van der Waals surface area contributed by atoms with Crippen molar-refractivity contribution < 1.29 is 24.2 Å².